The topological polar surface area (TPSA) is 69.3 Å². The van der Waals surface area contributed by atoms with E-state index >= 15 is 0 Å². The van der Waals surface area contributed by atoms with Gasteiger partial charge < -0.3 is 24.3 Å². The Morgan fingerprint density at radius 1 is 1.03 bits per heavy atom. The molecule has 0 radical (unpaired) electrons. The number of carbonyl (C=O) groups excluding carboxylic acids is 1. The van der Waals surface area contributed by atoms with Crippen LogP contribution in [0.15, 0.2) is 42.5 Å². The number of hydrogen-bond acceptors (Lipinski definition) is 6. The molecule has 29 heavy (non-hydrogen) atoms. The van der Waals surface area contributed by atoms with Crippen molar-refractivity contribution in [2.24, 2.45) is 0 Å². The zero-order chi connectivity index (χ0) is 20.6. The van der Waals surface area contributed by atoms with Gasteiger partial charge in [0, 0.05) is 25.2 Å². The van der Waals surface area contributed by atoms with Gasteiger partial charge in [-0.05, 0) is 35.9 Å². The van der Waals surface area contributed by atoms with Crippen molar-refractivity contribution in [2.45, 2.75) is 6.04 Å². The largest absolute Gasteiger partial charge is 0.497 e. The van der Waals surface area contributed by atoms with E-state index in [4.69, 9.17) is 18.9 Å². The van der Waals surface area contributed by atoms with E-state index in [1.165, 1.54) is 0 Å². The molecule has 1 saturated heterocycles. The molecule has 1 heterocycles. The first kappa shape index (κ1) is 21.0. The quantitative estimate of drug-likeness (QED) is 0.734. The highest BCUT2D eigenvalue weighted by atomic mass is 16.5. The number of nitrogens with one attached hydrogen (secondary N) is 1. The molecule has 2 aromatic carbocycles. The molecule has 1 aliphatic rings. The Kier molecular flexibility index (Phi) is 7.32. The van der Waals surface area contributed by atoms with Crippen molar-refractivity contribution in [2.75, 3.05) is 54.2 Å². The van der Waals surface area contributed by atoms with E-state index in [9.17, 15) is 4.79 Å². The summed E-state index contributed by atoms with van der Waals surface area (Å²) in [6.45, 7) is 3.41. The van der Waals surface area contributed by atoms with Crippen molar-refractivity contribution in [3.8, 4) is 17.2 Å². The molecule has 0 aliphatic carbocycles. The van der Waals surface area contributed by atoms with Crippen LogP contribution in [0.25, 0.3) is 0 Å². The van der Waals surface area contributed by atoms with Gasteiger partial charge in [-0.25, -0.2) is 0 Å². The van der Waals surface area contributed by atoms with Crippen LogP contribution >= 0.6 is 0 Å². The van der Waals surface area contributed by atoms with E-state index in [1.54, 1.807) is 33.5 Å². The van der Waals surface area contributed by atoms with Crippen LogP contribution in [0.3, 0.4) is 0 Å². The molecule has 1 amide bonds. The second-order valence-corrected chi connectivity index (χ2v) is 6.72. The maximum absolute atomic E-state index is 12.7. The van der Waals surface area contributed by atoms with Crippen molar-refractivity contribution in [1.29, 1.82) is 0 Å². The molecule has 0 bridgehead atoms. The Hall–Kier alpha value is -2.77. The van der Waals surface area contributed by atoms with Gasteiger partial charge in [0.1, 0.15) is 5.75 Å². The Balaban J connectivity index is 1.79. The van der Waals surface area contributed by atoms with Crippen LogP contribution in [0.5, 0.6) is 17.2 Å². The van der Waals surface area contributed by atoms with Crippen LogP contribution in [0.4, 0.5) is 0 Å². The minimum Gasteiger partial charge on any atom is -0.497 e. The van der Waals surface area contributed by atoms with E-state index in [1.807, 2.05) is 30.3 Å². The lowest BCUT2D eigenvalue weighted by atomic mass is 10.0. The summed E-state index contributed by atoms with van der Waals surface area (Å²) >= 11 is 0. The molecule has 2 aromatic rings. The predicted molar refractivity (Wildman–Crippen MR) is 110 cm³/mol. The molecule has 1 atom stereocenters. The van der Waals surface area contributed by atoms with Crippen molar-refractivity contribution in [3.63, 3.8) is 0 Å². The standard InChI is InChI=1S/C22H28N2O5/c1-26-18-6-4-5-17(13-18)22(25)23-15-19(24-9-11-29-12-10-24)16-7-8-20(27-2)21(14-16)28-3/h4-8,13-14,19H,9-12,15H2,1-3H3,(H,23,25)/t19-/m0/s1. The van der Waals surface area contributed by atoms with Crippen molar-refractivity contribution >= 4 is 5.91 Å². The van der Waals surface area contributed by atoms with Gasteiger partial charge in [-0.2, -0.15) is 0 Å². The lowest BCUT2D eigenvalue weighted by Crippen LogP contribution is -2.43. The van der Waals surface area contributed by atoms with Gasteiger partial charge in [-0.1, -0.05) is 12.1 Å². The SMILES string of the molecule is COc1cccc(C(=O)NC[C@@H](c2ccc(OC)c(OC)c2)N2CCOCC2)c1. The summed E-state index contributed by atoms with van der Waals surface area (Å²) in [7, 11) is 4.82. The molecule has 1 fully saturated rings. The third-order valence-corrected chi connectivity index (χ3v) is 5.07. The van der Waals surface area contributed by atoms with E-state index in [2.05, 4.69) is 10.2 Å². The Labute approximate surface area is 171 Å². The van der Waals surface area contributed by atoms with Gasteiger partial charge in [0.2, 0.25) is 0 Å². The number of benzene rings is 2. The van der Waals surface area contributed by atoms with Gasteiger partial charge in [0.05, 0.1) is 40.6 Å². The second-order valence-electron chi connectivity index (χ2n) is 6.72. The Bertz CT molecular complexity index is 821. The molecule has 7 nitrogen and oxygen atoms in total. The van der Waals surface area contributed by atoms with Crippen molar-refractivity contribution in [3.05, 3.63) is 53.6 Å². The molecule has 0 unspecified atom stereocenters. The normalized spacial score (nSPS) is 15.4. The van der Waals surface area contributed by atoms with Gasteiger partial charge in [0.15, 0.2) is 11.5 Å². The fourth-order valence-corrected chi connectivity index (χ4v) is 3.46. The number of nitrogens with zero attached hydrogens (tertiary/aromatic N) is 1. The number of amides is 1. The number of hydrogen-bond donors (Lipinski definition) is 1. The molecule has 1 N–H and O–H groups in total. The Morgan fingerprint density at radius 3 is 2.48 bits per heavy atom. The van der Waals surface area contributed by atoms with Crippen LogP contribution in [0, 0.1) is 0 Å². The highest BCUT2D eigenvalue weighted by Gasteiger charge is 2.24. The summed E-state index contributed by atoms with van der Waals surface area (Å²) < 4.78 is 21.5. The van der Waals surface area contributed by atoms with Gasteiger partial charge in [0.25, 0.3) is 5.91 Å². The van der Waals surface area contributed by atoms with E-state index < -0.39 is 0 Å². The maximum Gasteiger partial charge on any atom is 0.251 e. The minimum atomic E-state index is -0.136. The molecule has 156 valence electrons. The zero-order valence-corrected chi connectivity index (χ0v) is 17.1. The number of rotatable bonds is 8. The second kappa shape index (κ2) is 10.1. The first-order valence-electron chi connectivity index (χ1n) is 9.62. The molecule has 3 rings (SSSR count). The van der Waals surface area contributed by atoms with Crippen LogP contribution in [0.2, 0.25) is 0 Å². The molecule has 0 spiro atoms. The molecule has 1 aliphatic heterocycles. The summed E-state index contributed by atoms with van der Waals surface area (Å²) in [5.74, 6) is 1.87. The molecule has 0 saturated carbocycles. The fourth-order valence-electron chi connectivity index (χ4n) is 3.46. The van der Waals surface area contributed by atoms with Crippen molar-refractivity contribution in [1.82, 2.24) is 10.2 Å². The van der Waals surface area contributed by atoms with Crippen LogP contribution in [-0.2, 0) is 4.74 Å². The Morgan fingerprint density at radius 2 is 1.79 bits per heavy atom. The number of ether oxygens (including phenoxy) is 4. The molecule has 7 heteroatoms. The molecular weight excluding hydrogens is 372 g/mol. The van der Waals surface area contributed by atoms with Gasteiger partial charge in [-0.15, -0.1) is 0 Å². The number of carbonyl (C=O) groups is 1. The summed E-state index contributed by atoms with van der Waals surface area (Å²) in [6, 6.07) is 13.0. The average molecular weight is 400 g/mol. The summed E-state index contributed by atoms with van der Waals surface area (Å²) in [5, 5.41) is 3.06. The zero-order valence-electron chi connectivity index (χ0n) is 17.1. The minimum absolute atomic E-state index is 0.00624. The third-order valence-electron chi connectivity index (χ3n) is 5.07. The lowest BCUT2D eigenvalue weighted by molar-refractivity contribution is 0.0162. The van der Waals surface area contributed by atoms with Gasteiger partial charge in [-0.3, -0.25) is 9.69 Å². The van der Waals surface area contributed by atoms with E-state index in [0.29, 0.717) is 42.6 Å². The highest BCUT2D eigenvalue weighted by molar-refractivity contribution is 5.94. The third kappa shape index (κ3) is 5.19. The monoisotopic (exact) mass is 400 g/mol. The van der Waals surface area contributed by atoms with Crippen LogP contribution in [0.1, 0.15) is 22.0 Å². The average Bonchev–Trinajstić information content (AvgIpc) is 2.79. The summed E-state index contributed by atoms with van der Waals surface area (Å²) in [6.07, 6.45) is 0. The fraction of sp³-hybridized carbons (Fsp3) is 0.409. The summed E-state index contributed by atoms with van der Waals surface area (Å²) in [5.41, 5.74) is 1.62. The first-order chi connectivity index (χ1) is 14.2. The summed E-state index contributed by atoms with van der Waals surface area (Å²) in [4.78, 5) is 15.0. The molecular formula is C22H28N2O5. The van der Waals surface area contributed by atoms with Crippen molar-refractivity contribution < 1.29 is 23.7 Å². The molecule has 0 aromatic heterocycles. The van der Waals surface area contributed by atoms with Crippen LogP contribution < -0.4 is 19.5 Å². The lowest BCUT2D eigenvalue weighted by Gasteiger charge is -2.35. The van der Waals surface area contributed by atoms with Gasteiger partial charge >= 0.3 is 0 Å². The predicted octanol–water partition coefficient (Wildman–Crippen LogP) is 2.52. The number of morpholine rings is 1. The van der Waals surface area contributed by atoms with Crippen LogP contribution in [-0.4, -0.2) is 65.0 Å². The number of methoxy groups -OCH3 is 3. The van der Waals surface area contributed by atoms with E-state index in [-0.39, 0.29) is 11.9 Å². The maximum atomic E-state index is 12.7. The first-order valence-corrected chi connectivity index (χ1v) is 9.62. The van der Waals surface area contributed by atoms with E-state index in [0.717, 1.165) is 18.7 Å². The highest BCUT2D eigenvalue weighted by Crippen LogP contribution is 2.32. The smallest absolute Gasteiger partial charge is 0.251 e.